The molecule has 1 aromatic rings. The lowest BCUT2D eigenvalue weighted by atomic mass is 9.88. The first-order valence-corrected chi connectivity index (χ1v) is 5.73. The summed E-state index contributed by atoms with van der Waals surface area (Å²) in [5.74, 6) is 0.582. The Hall–Kier alpha value is -0.980. The van der Waals surface area contributed by atoms with Crippen molar-refractivity contribution in [1.29, 1.82) is 0 Å². The molecule has 0 bridgehead atoms. The Kier molecular flexibility index (Phi) is 4.62. The minimum atomic E-state index is -0.918. The largest absolute Gasteiger partial charge is 0.382 e. The molecule has 0 fully saturated rings. The fourth-order valence-electron chi connectivity index (χ4n) is 1.47. The molecule has 0 amide bonds. The van der Waals surface area contributed by atoms with E-state index in [9.17, 15) is 5.11 Å². The molecule has 2 unspecified atom stereocenters. The van der Waals surface area contributed by atoms with E-state index in [-0.39, 0.29) is 24.0 Å². The second-order valence-corrected chi connectivity index (χ2v) is 4.94. The lowest BCUT2D eigenvalue weighted by Gasteiger charge is -2.27. The van der Waals surface area contributed by atoms with E-state index in [4.69, 9.17) is 15.0 Å². The molecule has 1 rings (SSSR count). The van der Waals surface area contributed by atoms with Gasteiger partial charge < -0.3 is 20.1 Å². The van der Waals surface area contributed by atoms with E-state index in [0.29, 0.717) is 12.4 Å². The topological polar surface area (TPSA) is 94.4 Å². The third kappa shape index (κ3) is 3.49. The zero-order chi connectivity index (χ0) is 13.1. The highest BCUT2D eigenvalue weighted by Gasteiger charge is 2.31. The van der Waals surface area contributed by atoms with Gasteiger partial charge in [0.05, 0.1) is 0 Å². The molecule has 0 aliphatic heterocycles. The van der Waals surface area contributed by atoms with E-state index in [1.165, 1.54) is 0 Å². The van der Waals surface area contributed by atoms with Crippen LogP contribution in [0, 0.1) is 5.41 Å². The fourth-order valence-corrected chi connectivity index (χ4v) is 1.47. The number of aliphatic hydroxyl groups is 1. The minimum absolute atomic E-state index is 0.0520. The number of nitrogens with zero attached hydrogens (tertiary/aromatic N) is 2. The summed E-state index contributed by atoms with van der Waals surface area (Å²) in [5, 5.41) is 13.3. The van der Waals surface area contributed by atoms with Gasteiger partial charge in [-0.15, -0.1) is 0 Å². The lowest BCUT2D eigenvalue weighted by molar-refractivity contribution is -0.0203. The predicted octanol–water partition coefficient (Wildman–Crippen LogP) is 1.19. The summed E-state index contributed by atoms with van der Waals surface area (Å²) in [6.07, 6.45) is -1.19. The highest BCUT2D eigenvalue weighted by atomic mass is 16.5. The molecule has 6 heteroatoms. The molecular formula is C11H21N3O3. The number of rotatable bonds is 5. The van der Waals surface area contributed by atoms with Crippen molar-refractivity contribution < 1.29 is 14.4 Å². The maximum Gasteiger partial charge on any atom is 0.256 e. The molecule has 0 radical (unpaired) electrons. The molecule has 0 saturated heterocycles. The smallest absolute Gasteiger partial charge is 0.256 e. The van der Waals surface area contributed by atoms with Crippen LogP contribution in [0.25, 0.3) is 0 Å². The van der Waals surface area contributed by atoms with E-state index in [0.717, 1.165) is 0 Å². The Bertz CT molecular complexity index is 346. The molecule has 1 heterocycles. The number of hydrogen-bond acceptors (Lipinski definition) is 6. The van der Waals surface area contributed by atoms with E-state index in [1.807, 2.05) is 27.7 Å². The van der Waals surface area contributed by atoms with Gasteiger partial charge in [0.25, 0.3) is 5.89 Å². The summed E-state index contributed by atoms with van der Waals surface area (Å²) in [4.78, 5) is 4.13. The maximum atomic E-state index is 9.50. The summed E-state index contributed by atoms with van der Waals surface area (Å²) < 4.78 is 10.6. The van der Waals surface area contributed by atoms with Gasteiger partial charge in [0.2, 0.25) is 5.82 Å². The molecule has 0 aliphatic rings. The molecule has 0 aliphatic carbocycles. The third-order valence-corrected chi connectivity index (χ3v) is 2.32. The molecular weight excluding hydrogens is 222 g/mol. The first-order valence-electron chi connectivity index (χ1n) is 5.73. The Balaban J connectivity index is 2.92. The number of aromatic nitrogens is 2. The van der Waals surface area contributed by atoms with Crippen LogP contribution in [0.2, 0.25) is 0 Å². The number of hydrogen-bond donors (Lipinski definition) is 2. The van der Waals surface area contributed by atoms with Crippen LogP contribution in [-0.2, 0) is 4.74 Å². The number of nitrogens with two attached hydrogens (primary N) is 1. The summed E-state index contributed by atoms with van der Waals surface area (Å²) in [6, 6.07) is 0. The maximum absolute atomic E-state index is 9.50. The van der Waals surface area contributed by atoms with Gasteiger partial charge in [-0.1, -0.05) is 25.9 Å². The second-order valence-electron chi connectivity index (χ2n) is 4.94. The van der Waals surface area contributed by atoms with E-state index < -0.39 is 6.10 Å². The van der Waals surface area contributed by atoms with Crippen molar-refractivity contribution in [3.05, 3.63) is 11.7 Å². The summed E-state index contributed by atoms with van der Waals surface area (Å²) in [6.45, 7) is 8.62. The van der Waals surface area contributed by atoms with Crippen molar-refractivity contribution in [1.82, 2.24) is 10.1 Å². The van der Waals surface area contributed by atoms with Crippen LogP contribution >= 0.6 is 0 Å². The van der Waals surface area contributed by atoms with Crippen LogP contribution in [0.3, 0.4) is 0 Å². The first kappa shape index (κ1) is 14.1. The van der Waals surface area contributed by atoms with Gasteiger partial charge in [0.1, 0.15) is 12.2 Å². The molecule has 6 nitrogen and oxygen atoms in total. The lowest BCUT2D eigenvalue weighted by Crippen LogP contribution is -2.22. The summed E-state index contributed by atoms with van der Waals surface area (Å²) >= 11 is 0. The summed E-state index contributed by atoms with van der Waals surface area (Å²) in [7, 11) is 0. The van der Waals surface area contributed by atoms with E-state index >= 15 is 0 Å². The van der Waals surface area contributed by atoms with Gasteiger partial charge in [0, 0.05) is 13.2 Å². The molecule has 17 heavy (non-hydrogen) atoms. The van der Waals surface area contributed by atoms with Crippen LogP contribution in [0.15, 0.2) is 4.52 Å². The van der Waals surface area contributed by atoms with Crippen LogP contribution in [-0.4, -0.2) is 28.4 Å². The van der Waals surface area contributed by atoms with Crippen molar-refractivity contribution in [2.75, 3.05) is 13.2 Å². The van der Waals surface area contributed by atoms with Gasteiger partial charge >= 0.3 is 0 Å². The monoisotopic (exact) mass is 243 g/mol. The van der Waals surface area contributed by atoms with Gasteiger partial charge in [-0.2, -0.15) is 4.98 Å². The molecule has 0 spiro atoms. The van der Waals surface area contributed by atoms with Crippen LogP contribution in [0.5, 0.6) is 0 Å². The quantitative estimate of drug-likeness (QED) is 0.806. The SMILES string of the molecule is CCOC(c1noc(C(O)CN)n1)C(C)(C)C. The Morgan fingerprint density at radius 2 is 2.12 bits per heavy atom. The highest BCUT2D eigenvalue weighted by Crippen LogP contribution is 2.34. The van der Waals surface area contributed by atoms with E-state index in [1.54, 1.807) is 0 Å². The van der Waals surface area contributed by atoms with Crippen LogP contribution in [0.1, 0.15) is 51.6 Å². The standard InChI is InChI=1S/C11H21N3O3/c1-5-16-8(11(2,3)4)9-13-10(17-14-9)7(15)6-12/h7-8,15H,5-6,12H2,1-4H3. The van der Waals surface area contributed by atoms with Crippen molar-refractivity contribution in [3.8, 4) is 0 Å². The Labute approximate surface area is 101 Å². The Morgan fingerprint density at radius 1 is 1.47 bits per heavy atom. The molecule has 3 N–H and O–H groups in total. The summed E-state index contributed by atoms with van der Waals surface area (Å²) in [5.41, 5.74) is 5.18. The first-order chi connectivity index (χ1) is 7.90. The number of ether oxygens (including phenoxy) is 1. The van der Waals surface area contributed by atoms with Crippen molar-refractivity contribution in [3.63, 3.8) is 0 Å². The van der Waals surface area contributed by atoms with Gasteiger partial charge in [0.15, 0.2) is 0 Å². The van der Waals surface area contributed by atoms with E-state index in [2.05, 4.69) is 10.1 Å². The zero-order valence-electron chi connectivity index (χ0n) is 10.8. The molecule has 98 valence electrons. The van der Waals surface area contributed by atoms with Crippen molar-refractivity contribution in [2.45, 2.75) is 39.9 Å². The second kappa shape index (κ2) is 5.57. The average molecular weight is 243 g/mol. The van der Waals surface area contributed by atoms with Crippen molar-refractivity contribution >= 4 is 0 Å². The van der Waals surface area contributed by atoms with Crippen LogP contribution in [0.4, 0.5) is 0 Å². The molecule has 1 aromatic heterocycles. The molecule has 0 saturated carbocycles. The molecule has 2 atom stereocenters. The number of aliphatic hydroxyl groups excluding tert-OH is 1. The van der Waals surface area contributed by atoms with Crippen molar-refractivity contribution in [2.24, 2.45) is 11.1 Å². The normalized spacial score (nSPS) is 15.9. The highest BCUT2D eigenvalue weighted by molar-refractivity contribution is 4.98. The predicted molar refractivity (Wildman–Crippen MR) is 62.1 cm³/mol. The van der Waals surface area contributed by atoms with Gasteiger partial charge in [-0.3, -0.25) is 0 Å². The van der Waals surface area contributed by atoms with Gasteiger partial charge in [-0.05, 0) is 12.3 Å². The average Bonchev–Trinajstić information content (AvgIpc) is 2.72. The molecule has 0 aromatic carbocycles. The fraction of sp³-hybridized carbons (Fsp3) is 0.818. The van der Waals surface area contributed by atoms with Crippen LogP contribution < -0.4 is 5.73 Å². The minimum Gasteiger partial charge on any atom is -0.382 e. The van der Waals surface area contributed by atoms with Gasteiger partial charge in [-0.25, -0.2) is 0 Å². The Morgan fingerprint density at radius 3 is 2.59 bits per heavy atom. The zero-order valence-corrected chi connectivity index (χ0v) is 10.8. The third-order valence-electron chi connectivity index (χ3n) is 2.32.